The maximum Gasteiger partial charge on any atom is 0.265 e. The highest BCUT2D eigenvalue weighted by Crippen LogP contribution is 2.20. The average Bonchev–Trinajstić information content (AvgIpc) is 3.12. The second kappa shape index (κ2) is 7.92. The lowest BCUT2D eigenvalue weighted by Gasteiger charge is -2.13. The van der Waals surface area contributed by atoms with E-state index in [-0.39, 0.29) is 5.91 Å². The van der Waals surface area contributed by atoms with Crippen molar-refractivity contribution in [1.82, 2.24) is 4.98 Å². The Kier molecular flexibility index (Phi) is 5.42. The molecule has 2 heterocycles. The van der Waals surface area contributed by atoms with Crippen molar-refractivity contribution in [3.8, 4) is 0 Å². The third kappa shape index (κ3) is 4.66. The minimum Gasteiger partial charge on any atom is -0.370 e. The molecular weight excluding hydrogens is 306 g/mol. The molecule has 120 valence electrons. The van der Waals surface area contributed by atoms with Gasteiger partial charge in [-0.15, -0.1) is 11.3 Å². The molecule has 5 heteroatoms. The quantitative estimate of drug-likeness (QED) is 0.756. The Morgan fingerprint density at radius 2 is 2.22 bits per heavy atom. The van der Waals surface area contributed by atoms with Gasteiger partial charge in [0.1, 0.15) is 5.82 Å². The zero-order valence-corrected chi connectivity index (χ0v) is 13.9. The molecule has 1 amide bonds. The topological polar surface area (TPSA) is 54.0 Å². The van der Waals surface area contributed by atoms with E-state index in [1.165, 1.54) is 37.0 Å². The molecular formula is C18H21N3OS. The summed E-state index contributed by atoms with van der Waals surface area (Å²) >= 11 is 1.43. The number of hydrogen-bond acceptors (Lipinski definition) is 4. The summed E-state index contributed by atoms with van der Waals surface area (Å²) in [4.78, 5) is 17.0. The van der Waals surface area contributed by atoms with E-state index in [1.54, 1.807) is 11.8 Å². The van der Waals surface area contributed by atoms with Gasteiger partial charge in [-0.25, -0.2) is 4.98 Å². The lowest BCUT2D eigenvalue weighted by Crippen LogP contribution is -2.11. The molecule has 0 radical (unpaired) electrons. The van der Waals surface area contributed by atoms with E-state index < -0.39 is 0 Å². The van der Waals surface area contributed by atoms with Crippen molar-refractivity contribution in [3.63, 3.8) is 0 Å². The van der Waals surface area contributed by atoms with Crippen LogP contribution >= 0.6 is 11.3 Å². The summed E-state index contributed by atoms with van der Waals surface area (Å²) in [5, 5.41) is 8.08. The summed E-state index contributed by atoms with van der Waals surface area (Å²) in [6.45, 7) is 0.903. The minimum absolute atomic E-state index is 0.0910. The summed E-state index contributed by atoms with van der Waals surface area (Å²) in [5.41, 5.74) is 2.27. The second-order valence-electron chi connectivity index (χ2n) is 5.65. The zero-order chi connectivity index (χ0) is 15.9. The van der Waals surface area contributed by atoms with Crippen LogP contribution in [0.2, 0.25) is 0 Å². The Bertz CT molecular complexity index is 662. The molecule has 0 bridgehead atoms. The highest BCUT2D eigenvalue weighted by atomic mass is 32.1. The number of pyridine rings is 1. The number of anilines is 2. The summed E-state index contributed by atoms with van der Waals surface area (Å²) in [7, 11) is 0. The monoisotopic (exact) mass is 327 g/mol. The molecule has 0 fully saturated rings. The molecule has 23 heavy (non-hydrogen) atoms. The van der Waals surface area contributed by atoms with E-state index in [0.29, 0.717) is 10.6 Å². The molecule has 1 aliphatic carbocycles. The van der Waals surface area contributed by atoms with Gasteiger partial charge in [0.15, 0.2) is 0 Å². The fraction of sp³-hybridized carbons (Fsp3) is 0.333. The van der Waals surface area contributed by atoms with Gasteiger partial charge in [0, 0.05) is 6.54 Å². The normalized spacial score (nSPS) is 14.2. The Balaban J connectivity index is 1.47. The summed E-state index contributed by atoms with van der Waals surface area (Å²) in [6.07, 6.45) is 10.3. The Morgan fingerprint density at radius 1 is 1.26 bits per heavy atom. The third-order valence-corrected chi connectivity index (χ3v) is 4.77. The molecule has 0 atom stereocenters. The van der Waals surface area contributed by atoms with Gasteiger partial charge >= 0.3 is 0 Å². The second-order valence-corrected chi connectivity index (χ2v) is 6.60. The molecule has 4 nitrogen and oxygen atoms in total. The highest BCUT2D eigenvalue weighted by molar-refractivity contribution is 7.12. The van der Waals surface area contributed by atoms with E-state index in [2.05, 4.69) is 21.7 Å². The van der Waals surface area contributed by atoms with Gasteiger partial charge in [0.25, 0.3) is 5.91 Å². The van der Waals surface area contributed by atoms with Crippen LogP contribution in [-0.2, 0) is 0 Å². The van der Waals surface area contributed by atoms with Crippen LogP contribution in [0.3, 0.4) is 0 Å². The third-order valence-electron chi connectivity index (χ3n) is 3.90. The van der Waals surface area contributed by atoms with Gasteiger partial charge in [0.05, 0.1) is 16.8 Å². The van der Waals surface area contributed by atoms with Crippen LogP contribution in [0.5, 0.6) is 0 Å². The van der Waals surface area contributed by atoms with Gasteiger partial charge in [-0.1, -0.05) is 17.7 Å². The van der Waals surface area contributed by atoms with Gasteiger partial charge in [-0.3, -0.25) is 4.79 Å². The number of thiophene rings is 1. The molecule has 0 aliphatic heterocycles. The van der Waals surface area contributed by atoms with Crippen LogP contribution in [0.1, 0.15) is 41.8 Å². The lowest BCUT2D eigenvalue weighted by molar-refractivity contribution is 0.103. The summed E-state index contributed by atoms with van der Waals surface area (Å²) in [5.74, 6) is 0.752. The Hall–Kier alpha value is -2.14. The smallest absolute Gasteiger partial charge is 0.265 e. The van der Waals surface area contributed by atoms with E-state index in [0.717, 1.165) is 18.8 Å². The predicted molar refractivity (Wildman–Crippen MR) is 96.2 cm³/mol. The van der Waals surface area contributed by atoms with E-state index in [9.17, 15) is 4.79 Å². The maximum atomic E-state index is 12.0. The van der Waals surface area contributed by atoms with Gasteiger partial charge in [0.2, 0.25) is 0 Å². The van der Waals surface area contributed by atoms with Crippen LogP contribution in [0, 0.1) is 0 Å². The van der Waals surface area contributed by atoms with Gasteiger partial charge < -0.3 is 10.6 Å². The number of rotatable bonds is 6. The largest absolute Gasteiger partial charge is 0.370 e. The van der Waals surface area contributed by atoms with E-state index in [4.69, 9.17) is 0 Å². The molecule has 0 saturated carbocycles. The summed E-state index contributed by atoms with van der Waals surface area (Å²) in [6, 6.07) is 7.45. The molecule has 3 rings (SSSR count). The van der Waals surface area contributed by atoms with Crippen LogP contribution in [0.25, 0.3) is 0 Å². The molecule has 0 spiro atoms. The van der Waals surface area contributed by atoms with Crippen molar-refractivity contribution in [1.29, 1.82) is 0 Å². The van der Waals surface area contributed by atoms with E-state index in [1.807, 2.05) is 29.6 Å². The van der Waals surface area contributed by atoms with Crippen molar-refractivity contribution in [3.05, 3.63) is 52.4 Å². The van der Waals surface area contributed by atoms with Crippen molar-refractivity contribution in [2.24, 2.45) is 0 Å². The number of aromatic nitrogens is 1. The summed E-state index contributed by atoms with van der Waals surface area (Å²) < 4.78 is 0. The molecule has 0 unspecified atom stereocenters. The molecule has 0 aromatic carbocycles. The van der Waals surface area contributed by atoms with Crippen LogP contribution in [0.15, 0.2) is 47.5 Å². The standard InChI is InChI=1S/C18H21N3OS/c22-18(16-7-4-12-23-16)21-15-8-9-17(20-13-15)19-11-10-14-5-2-1-3-6-14/h4-5,7-9,12-13H,1-3,6,10-11H2,(H,19,20)(H,21,22). The number of nitrogens with one attached hydrogen (secondary N) is 2. The van der Waals surface area contributed by atoms with Crippen molar-refractivity contribution >= 4 is 28.7 Å². The number of carbonyl (C=O) groups is 1. The number of amides is 1. The SMILES string of the molecule is O=C(Nc1ccc(NCCC2=CCCCC2)nc1)c1cccs1. The van der Waals surface area contributed by atoms with Crippen molar-refractivity contribution < 1.29 is 4.79 Å². The first-order valence-electron chi connectivity index (χ1n) is 8.04. The Labute approximate surface area is 140 Å². The Morgan fingerprint density at radius 3 is 2.91 bits per heavy atom. The molecule has 2 aromatic heterocycles. The highest BCUT2D eigenvalue weighted by Gasteiger charge is 2.07. The number of allylic oxidation sites excluding steroid dienone is 1. The average molecular weight is 327 g/mol. The minimum atomic E-state index is -0.0910. The lowest BCUT2D eigenvalue weighted by atomic mass is 9.97. The van der Waals surface area contributed by atoms with E-state index >= 15 is 0 Å². The number of hydrogen-bond donors (Lipinski definition) is 2. The van der Waals surface area contributed by atoms with Gasteiger partial charge in [-0.2, -0.15) is 0 Å². The first kappa shape index (κ1) is 15.7. The first-order valence-corrected chi connectivity index (χ1v) is 8.92. The predicted octanol–water partition coefficient (Wildman–Crippen LogP) is 4.70. The zero-order valence-electron chi connectivity index (χ0n) is 13.0. The molecule has 2 N–H and O–H groups in total. The van der Waals surface area contributed by atoms with Crippen molar-refractivity contribution in [2.75, 3.05) is 17.2 Å². The fourth-order valence-electron chi connectivity index (χ4n) is 2.66. The number of nitrogens with zero attached hydrogens (tertiary/aromatic N) is 1. The van der Waals surface area contributed by atoms with Crippen molar-refractivity contribution in [2.45, 2.75) is 32.1 Å². The molecule has 1 aliphatic rings. The van der Waals surface area contributed by atoms with Gasteiger partial charge in [-0.05, 0) is 55.7 Å². The van der Waals surface area contributed by atoms with Crippen LogP contribution in [0.4, 0.5) is 11.5 Å². The van der Waals surface area contributed by atoms with Crippen LogP contribution in [-0.4, -0.2) is 17.4 Å². The van der Waals surface area contributed by atoms with Crippen LogP contribution < -0.4 is 10.6 Å². The molecule has 0 saturated heterocycles. The number of carbonyl (C=O) groups excluding carboxylic acids is 1. The maximum absolute atomic E-state index is 12.0. The molecule has 2 aromatic rings. The fourth-order valence-corrected chi connectivity index (χ4v) is 3.27. The first-order chi connectivity index (χ1) is 11.3.